The van der Waals surface area contributed by atoms with Crippen LogP contribution in [-0.4, -0.2) is 20.8 Å². The number of hydrogen-bond donors (Lipinski definition) is 1. The summed E-state index contributed by atoms with van der Waals surface area (Å²) in [6.45, 7) is 0.205. The summed E-state index contributed by atoms with van der Waals surface area (Å²) >= 11 is 6.15. The summed E-state index contributed by atoms with van der Waals surface area (Å²) in [5.74, 6) is -0.716. The van der Waals surface area contributed by atoms with Crippen molar-refractivity contribution in [2.24, 2.45) is 0 Å². The van der Waals surface area contributed by atoms with E-state index in [-0.39, 0.29) is 17.9 Å². The lowest BCUT2D eigenvalue weighted by atomic mass is 10.2. The molecule has 0 aliphatic rings. The molecule has 0 unspecified atom stereocenters. The number of fused-ring (bicyclic) bond motifs is 1. The number of aromatic nitrogens is 2. The fraction of sp³-hybridized carbons (Fsp3) is 0.0909. The molecule has 6 nitrogen and oxygen atoms in total. The van der Waals surface area contributed by atoms with E-state index in [1.165, 1.54) is 24.4 Å². The highest BCUT2D eigenvalue weighted by Gasteiger charge is 2.14. The minimum atomic E-state index is -1.42. The summed E-state index contributed by atoms with van der Waals surface area (Å²) in [6, 6.07) is 11.5. The average Bonchev–Trinajstić information content (AvgIpc) is 3.12. The quantitative estimate of drug-likeness (QED) is 0.389. The highest BCUT2D eigenvalue weighted by atomic mass is 35.5. The van der Waals surface area contributed by atoms with Gasteiger partial charge in [0.15, 0.2) is 0 Å². The van der Waals surface area contributed by atoms with Crippen LogP contribution < -0.4 is 9.47 Å². The van der Waals surface area contributed by atoms with Gasteiger partial charge in [-0.1, -0.05) is 11.6 Å². The Kier molecular flexibility index (Phi) is 5.73. The zero-order chi connectivity index (χ0) is 22.0. The van der Waals surface area contributed by atoms with E-state index in [0.717, 1.165) is 6.07 Å². The van der Waals surface area contributed by atoms with Gasteiger partial charge in [-0.25, -0.2) is 18.6 Å². The fourth-order valence-electron chi connectivity index (χ4n) is 3.17. The Morgan fingerprint density at radius 3 is 2.68 bits per heavy atom. The maximum absolute atomic E-state index is 13.9. The van der Waals surface area contributed by atoms with Crippen molar-refractivity contribution in [2.45, 2.75) is 13.2 Å². The first-order chi connectivity index (χ1) is 14.9. The van der Waals surface area contributed by atoms with Crippen molar-refractivity contribution in [2.75, 3.05) is 0 Å². The molecule has 0 saturated carbocycles. The Balaban J connectivity index is 1.62. The number of hydrogen-bond acceptors (Lipinski definition) is 4. The predicted octanol–water partition coefficient (Wildman–Crippen LogP) is 5.65. The average molecular weight is 445 g/mol. The third-order valence-corrected chi connectivity index (χ3v) is 4.82. The first-order valence-electron chi connectivity index (χ1n) is 9.10. The molecule has 0 fully saturated rings. The van der Waals surface area contributed by atoms with Crippen LogP contribution in [0.3, 0.4) is 0 Å². The second kappa shape index (κ2) is 8.61. The van der Waals surface area contributed by atoms with Crippen LogP contribution >= 0.6 is 11.6 Å². The second-order valence-electron chi connectivity index (χ2n) is 6.63. The van der Waals surface area contributed by atoms with Crippen molar-refractivity contribution >= 4 is 28.8 Å². The zero-order valence-electron chi connectivity index (χ0n) is 15.9. The van der Waals surface area contributed by atoms with E-state index in [2.05, 4.69) is 4.98 Å². The van der Waals surface area contributed by atoms with Gasteiger partial charge >= 0.3 is 6.16 Å². The number of ether oxygens (including phenoxy) is 2. The Morgan fingerprint density at radius 2 is 1.90 bits per heavy atom. The number of carbonyl (C=O) groups is 1. The SMILES string of the molecule is O=C(O)Oc1ccnc2c1ccn2Cc1cc(Cl)ccc1OCc1ccc(F)cc1F. The van der Waals surface area contributed by atoms with E-state index < -0.39 is 17.8 Å². The second-order valence-corrected chi connectivity index (χ2v) is 7.07. The third kappa shape index (κ3) is 4.59. The van der Waals surface area contributed by atoms with Crippen LogP contribution in [0, 0.1) is 11.6 Å². The third-order valence-electron chi connectivity index (χ3n) is 4.58. The lowest BCUT2D eigenvalue weighted by Gasteiger charge is -2.14. The molecule has 0 atom stereocenters. The van der Waals surface area contributed by atoms with Gasteiger partial charge in [-0.05, 0) is 36.4 Å². The lowest BCUT2D eigenvalue weighted by Crippen LogP contribution is -2.06. The van der Waals surface area contributed by atoms with Crippen LogP contribution in [0.2, 0.25) is 5.02 Å². The number of halogens is 3. The topological polar surface area (TPSA) is 73.6 Å². The molecular weight excluding hydrogens is 430 g/mol. The van der Waals surface area contributed by atoms with Crippen molar-refractivity contribution in [1.82, 2.24) is 9.55 Å². The maximum atomic E-state index is 13.9. The van der Waals surface area contributed by atoms with Crippen LogP contribution in [0.4, 0.5) is 13.6 Å². The van der Waals surface area contributed by atoms with E-state index in [9.17, 15) is 13.6 Å². The molecule has 2 aromatic carbocycles. The van der Waals surface area contributed by atoms with Gasteiger partial charge in [0.25, 0.3) is 0 Å². The van der Waals surface area contributed by atoms with Crippen LogP contribution in [0.25, 0.3) is 11.0 Å². The molecule has 0 saturated heterocycles. The maximum Gasteiger partial charge on any atom is 0.511 e. The first kappa shape index (κ1) is 20.6. The number of rotatable bonds is 6. The van der Waals surface area contributed by atoms with Crippen molar-refractivity contribution in [1.29, 1.82) is 0 Å². The summed E-state index contributed by atoms with van der Waals surface area (Å²) < 4.78 is 39.4. The molecule has 31 heavy (non-hydrogen) atoms. The number of carboxylic acid groups (broad SMARTS) is 1. The van der Waals surface area contributed by atoms with Gasteiger partial charge < -0.3 is 19.1 Å². The molecule has 4 rings (SSSR count). The van der Waals surface area contributed by atoms with Gasteiger partial charge in [-0.15, -0.1) is 0 Å². The summed E-state index contributed by atoms with van der Waals surface area (Å²) in [4.78, 5) is 15.2. The molecule has 0 spiro atoms. The highest BCUT2D eigenvalue weighted by molar-refractivity contribution is 6.30. The predicted molar refractivity (Wildman–Crippen MR) is 110 cm³/mol. The number of benzene rings is 2. The van der Waals surface area contributed by atoms with Gasteiger partial charge in [0, 0.05) is 40.7 Å². The lowest BCUT2D eigenvalue weighted by molar-refractivity contribution is 0.145. The monoisotopic (exact) mass is 444 g/mol. The Labute approximate surface area is 180 Å². The molecule has 0 bridgehead atoms. The van der Waals surface area contributed by atoms with E-state index in [4.69, 9.17) is 26.2 Å². The van der Waals surface area contributed by atoms with Crippen molar-refractivity contribution in [3.63, 3.8) is 0 Å². The van der Waals surface area contributed by atoms with Gasteiger partial charge in [0.1, 0.15) is 35.4 Å². The molecule has 4 aromatic rings. The molecule has 0 radical (unpaired) electrons. The van der Waals surface area contributed by atoms with Crippen molar-refractivity contribution in [3.8, 4) is 11.5 Å². The molecule has 158 valence electrons. The number of nitrogens with zero attached hydrogens (tertiary/aromatic N) is 2. The molecular formula is C22H15ClF2N2O4. The first-order valence-corrected chi connectivity index (χ1v) is 9.48. The largest absolute Gasteiger partial charge is 0.511 e. The minimum absolute atomic E-state index is 0.0952. The van der Waals surface area contributed by atoms with Gasteiger partial charge in [0.05, 0.1) is 11.9 Å². The van der Waals surface area contributed by atoms with E-state index >= 15 is 0 Å². The molecule has 0 aliphatic carbocycles. The summed E-state index contributed by atoms with van der Waals surface area (Å²) in [5.41, 5.74) is 1.42. The smallest absolute Gasteiger partial charge is 0.488 e. The van der Waals surface area contributed by atoms with E-state index in [1.54, 1.807) is 35.0 Å². The summed E-state index contributed by atoms with van der Waals surface area (Å²) in [5, 5.41) is 9.91. The van der Waals surface area contributed by atoms with Crippen LogP contribution in [0.15, 0.2) is 60.9 Å². The van der Waals surface area contributed by atoms with Crippen LogP contribution in [0.5, 0.6) is 11.5 Å². The van der Waals surface area contributed by atoms with E-state index in [0.29, 0.717) is 33.9 Å². The summed E-state index contributed by atoms with van der Waals surface area (Å²) in [6.07, 6.45) is 1.76. The normalized spacial score (nSPS) is 10.9. The van der Waals surface area contributed by atoms with Gasteiger partial charge in [-0.2, -0.15) is 0 Å². The van der Waals surface area contributed by atoms with E-state index in [1.807, 2.05) is 0 Å². The van der Waals surface area contributed by atoms with Gasteiger partial charge in [0.2, 0.25) is 0 Å². The molecule has 9 heteroatoms. The van der Waals surface area contributed by atoms with Crippen LogP contribution in [0.1, 0.15) is 11.1 Å². The van der Waals surface area contributed by atoms with Gasteiger partial charge in [-0.3, -0.25) is 0 Å². The highest BCUT2D eigenvalue weighted by Crippen LogP contribution is 2.29. The molecule has 1 N–H and O–H groups in total. The standard InChI is InChI=1S/C22H15ClF2N2O4/c23-15-2-4-19(30-12-13-1-3-16(24)10-18(13)25)14(9-15)11-27-8-6-17-20(31-22(28)29)5-7-26-21(17)27/h1-10H,11-12H2,(H,28,29). The molecule has 0 aliphatic heterocycles. The molecule has 2 aromatic heterocycles. The summed E-state index contributed by atoms with van der Waals surface area (Å²) in [7, 11) is 0. The zero-order valence-corrected chi connectivity index (χ0v) is 16.6. The Hall–Kier alpha value is -3.65. The number of pyridine rings is 1. The molecule has 2 heterocycles. The Bertz CT molecular complexity index is 1280. The van der Waals surface area contributed by atoms with Crippen LogP contribution in [-0.2, 0) is 13.2 Å². The minimum Gasteiger partial charge on any atom is -0.488 e. The molecule has 0 amide bonds. The van der Waals surface area contributed by atoms with Crippen molar-refractivity contribution in [3.05, 3.63) is 88.7 Å². The Morgan fingerprint density at radius 1 is 1.06 bits per heavy atom. The fourth-order valence-corrected chi connectivity index (χ4v) is 3.36. The van der Waals surface area contributed by atoms with Crippen molar-refractivity contribution < 1.29 is 28.2 Å².